The third kappa shape index (κ3) is 4.34. The normalized spacial score (nSPS) is 10.7. The molecule has 0 unspecified atom stereocenters. The fraction of sp³-hybridized carbons (Fsp3) is 0.190. The van der Waals surface area contributed by atoms with E-state index in [4.69, 9.17) is 11.5 Å². The molecule has 0 atom stereocenters. The van der Waals surface area contributed by atoms with Crippen LogP contribution in [0.3, 0.4) is 0 Å². The molecule has 1 aromatic heterocycles. The molecular weight excluding hydrogens is 370 g/mol. The first-order valence-electron chi connectivity index (χ1n) is 9.20. The molecule has 8 nitrogen and oxygen atoms in total. The van der Waals surface area contributed by atoms with Crippen LogP contribution < -0.4 is 16.5 Å². The summed E-state index contributed by atoms with van der Waals surface area (Å²) in [6, 6.07) is 14.1. The van der Waals surface area contributed by atoms with Gasteiger partial charge in [0.15, 0.2) is 5.82 Å². The van der Waals surface area contributed by atoms with Gasteiger partial charge in [0, 0.05) is 11.1 Å². The van der Waals surface area contributed by atoms with Crippen molar-refractivity contribution in [2.75, 3.05) is 11.6 Å². The number of hydroxylamine groups is 1. The first kappa shape index (κ1) is 20.2. The van der Waals surface area contributed by atoms with Gasteiger partial charge in [-0.15, -0.1) is 0 Å². The van der Waals surface area contributed by atoms with Crippen LogP contribution in [0.4, 0.5) is 5.82 Å². The summed E-state index contributed by atoms with van der Waals surface area (Å²) in [5.74, 6) is -1.78. The van der Waals surface area contributed by atoms with Crippen LogP contribution in [0.2, 0.25) is 0 Å². The Kier molecular flexibility index (Phi) is 6.06. The number of hydrogen-bond donors (Lipinski definition) is 4. The van der Waals surface area contributed by atoms with E-state index in [2.05, 4.69) is 10.2 Å². The number of benzene rings is 2. The highest BCUT2D eigenvalue weighted by atomic mass is 16.5. The van der Waals surface area contributed by atoms with E-state index in [1.807, 2.05) is 19.1 Å². The lowest BCUT2D eigenvalue weighted by atomic mass is 10.0. The van der Waals surface area contributed by atoms with Gasteiger partial charge in [-0.1, -0.05) is 42.0 Å². The minimum atomic E-state index is -0.812. The van der Waals surface area contributed by atoms with Gasteiger partial charge in [0.2, 0.25) is 0 Å². The lowest BCUT2D eigenvalue weighted by molar-refractivity contribution is 0.0850. The molecule has 2 amide bonds. The number of aryl methyl sites for hydroxylation is 2. The van der Waals surface area contributed by atoms with Crippen LogP contribution in [0.1, 0.15) is 38.3 Å². The van der Waals surface area contributed by atoms with Crippen molar-refractivity contribution in [3.8, 4) is 11.3 Å². The highest BCUT2D eigenvalue weighted by molar-refractivity contribution is 6.10. The topological polar surface area (TPSA) is 138 Å². The fourth-order valence-corrected chi connectivity index (χ4v) is 2.99. The zero-order chi connectivity index (χ0) is 21.0. The molecule has 3 aromatic rings. The summed E-state index contributed by atoms with van der Waals surface area (Å²) < 4.78 is 0. The second kappa shape index (κ2) is 8.68. The molecule has 0 aliphatic heterocycles. The molecule has 0 aliphatic rings. The SMILES string of the molecule is Cc1ccc(-c2[nH]nc(N(O)C(=O)c3ccc(CCCN)cc3)c2C(N)=O)cc1. The first-order valence-corrected chi connectivity index (χ1v) is 9.20. The average Bonchev–Trinajstić information content (AvgIpc) is 3.17. The van der Waals surface area contributed by atoms with Crippen molar-refractivity contribution < 1.29 is 14.8 Å². The summed E-state index contributed by atoms with van der Waals surface area (Å²) in [6.07, 6.45) is 1.65. The predicted molar refractivity (Wildman–Crippen MR) is 110 cm³/mol. The number of rotatable bonds is 7. The monoisotopic (exact) mass is 393 g/mol. The molecule has 0 radical (unpaired) electrons. The lowest BCUT2D eigenvalue weighted by Crippen LogP contribution is -2.29. The summed E-state index contributed by atoms with van der Waals surface area (Å²) >= 11 is 0. The number of carbonyl (C=O) groups is 2. The third-order valence-electron chi connectivity index (χ3n) is 4.60. The van der Waals surface area contributed by atoms with E-state index in [0.29, 0.717) is 22.9 Å². The number of primary amides is 1. The van der Waals surface area contributed by atoms with Crippen LogP contribution in [-0.4, -0.2) is 33.8 Å². The Balaban J connectivity index is 1.90. The molecule has 6 N–H and O–H groups in total. The average molecular weight is 393 g/mol. The van der Waals surface area contributed by atoms with Gasteiger partial charge in [-0.2, -0.15) is 10.2 Å². The summed E-state index contributed by atoms with van der Waals surface area (Å²) in [6.45, 7) is 2.52. The van der Waals surface area contributed by atoms with Gasteiger partial charge in [-0.3, -0.25) is 19.9 Å². The van der Waals surface area contributed by atoms with Crippen molar-refractivity contribution in [3.05, 3.63) is 70.8 Å². The van der Waals surface area contributed by atoms with Crippen molar-refractivity contribution in [3.63, 3.8) is 0 Å². The molecular formula is C21H23N5O3. The third-order valence-corrected chi connectivity index (χ3v) is 4.60. The number of amides is 2. The van der Waals surface area contributed by atoms with Gasteiger partial charge >= 0.3 is 0 Å². The zero-order valence-corrected chi connectivity index (χ0v) is 16.1. The second-order valence-corrected chi connectivity index (χ2v) is 6.73. The van der Waals surface area contributed by atoms with Gasteiger partial charge < -0.3 is 11.5 Å². The Morgan fingerprint density at radius 2 is 1.76 bits per heavy atom. The Morgan fingerprint density at radius 3 is 2.34 bits per heavy atom. The Hall–Kier alpha value is -3.49. The van der Waals surface area contributed by atoms with E-state index in [0.717, 1.165) is 24.0 Å². The number of nitrogens with two attached hydrogens (primary N) is 2. The van der Waals surface area contributed by atoms with Gasteiger partial charge in [-0.25, -0.2) is 0 Å². The molecule has 3 rings (SSSR count). The molecule has 1 heterocycles. The van der Waals surface area contributed by atoms with E-state index in [1.54, 1.807) is 36.4 Å². The molecule has 2 aromatic carbocycles. The number of aromatic nitrogens is 2. The highest BCUT2D eigenvalue weighted by Gasteiger charge is 2.27. The van der Waals surface area contributed by atoms with Gasteiger partial charge in [0.25, 0.3) is 11.8 Å². The predicted octanol–water partition coefficient (Wildman–Crippen LogP) is 2.41. The number of aromatic amines is 1. The number of anilines is 1. The smallest absolute Gasteiger partial charge is 0.283 e. The summed E-state index contributed by atoms with van der Waals surface area (Å²) in [4.78, 5) is 24.7. The van der Waals surface area contributed by atoms with Crippen LogP contribution in [0.15, 0.2) is 48.5 Å². The summed E-state index contributed by atoms with van der Waals surface area (Å²) in [5.41, 5.74) is 14.3. The second-order valence-electron chi connectivity index (χ2n) is 6.73. The number of hydrogen-bond acceptors (Lipinski definition) is 5. The molecule has 150 valence electrons. The molecule has 0 saturated carbocycles. The number of nitrogens with one attached hydrogen (secondary N) is 1. The number of H-pyrrole nitrogens is 1. The van der Waals surface area contributed by atoms with E-state index < -0.39 is 11.8 Å². The zero-order valence-electron chi connectivity index (χ0n) is 16.1. The van der Waals surface area contributed by atoms with E-state index in [-0.39, 0.29) is 16.9 Å². The summed E-state index contributed by atoms with van der Waals surface area (Å²) in [5, 5.41) is 17.5. The van der Waals surface area contributed by atoms with E-state index in [9.17, 15) is 14.8 Å². The summed E-state index contributed by atoms with van der Waals surface area (Å²) in [7, 11) is 0. The molecule has 8 heteroatoms. The standard InChI is InChI=1S/C21H23N5O3/c1-13-4-8-15(9-5-13)18-17(19(23)27)20(25-24-18)26(29)21(28)16-10-6-14(7-11-16)3-2-12-22/h4-11,29H,2-3,12,22H2,1H3,(H2,23,27)(H,24,25). The van der Waals surface area contributed by atoms with Crippen molar-refractivity contribution in [1.82, 2.24) is 10.2 Å². The first-order chi connectivity index (χ1) is 13.9. The van der Waals surface area contributed by atoms with Crippen LogP contribution in [0.5, 0.6) is 0 Å². The Morgan fingerprint density at radius 1 is 1.10 bits per heavy atom. The Bertz CT molecular complexity index is 1010. The van der Waals surface area contributed by atoms with Gasteiger partial charge in [0.1, 0.15) is 5.56 Å². The molecule has 0 bridgehead atoms. The number of nitrogens with zero attached hydrogens (tertiary/aromatic N) is 2. The number of carbonyl (C=O) groups excluding carboxylic acids is 2. The maximum atomic E-state index is 12.7. The highest BCUT2D eigenvalue weighted by Crippen LogP contribution is 2.29. The minimum absolute atomic E-state index is 0.0655. The molecule has 29 heavy (non-hydrogen) atoms. The minimum Gasteiger partial charge on any atom is -0.365 e. The van der Waals surface area contributed by atoms with Gasteiger partial charge in [0.05, 0.1) is 5.69 Å². The molecule has 0 spiro atoms. The van der Waals surface area contributed by atoms with E-state index in [1.165, 1.54) is 0 Å². The van der Waals surface area contributed by atoms with Gasteiger partial charge in [-0.05, 0) is 44.0 Å². The van der Waals surface area contributed by atoms with Crippen LogP contribution in [0.25, 0.3) is 11.3 Å². The largest absolute Gasteiger partial charge is 0.365 e. The quantitative estimate of drug-likeness (QED) is 0.361. The molecule has 0 fully saturated rings. The maximum absolute atomic E-state index is 12.7. The maximum Gasteiger partial charge on any atom is 0.283 e. The van der Waals surface area contributed by atoms with Crippen LogP contribution >= 0.6 is 0 Å². The van der Waals surface area contributed by atoms with Crippen LogP contribution in [-0.2, 0) is 6.42 Å². The van der Waals surface area contributed by atoms with Crippen molar-refractivity contribution in [2.45, 2.75) is 19.8 Å². The van der Waals surface area contributed by atoms with E-state index >= 15 is 0 Å². The van der Waals surface area contributed by atoms with Crippen molar-refractivity contribution in [1.29, 1.82) is 0 Å². The molecule has 0 saturated heterocycles. The van der Waals surface area contributed by atoms with Crippen molar-refractivity contribution in [2.24, 2.45) is 11.5 Å². The van der Waals surface area contributed by atoms with Crippen molar-refractivity contribution >= 4 is 17.6 Å². The fourth-order valence-electron chi connectivity index (χ4n) is 2.99. The molecule has 0 aliphatic carbocycles. The Labute approximate surface area is 168 Å². The van der Waals surface area contributed by atoms with Crippen LogP contribution in [0, 0.1) is 6.92 Å². The lowest BCUT2D eigenvalue weighted by Gasteiger charge is -2.14.